The van der Waals surface area contributed by atoms with Gasteiger partial charge in [-0.05, 0) is 24.3 Å². The number of benzene rings is 1. The van der Waals surface area contributed by atoms with Crippen LogP contribution in [-0.2, 0) is 13.0 Å². The molecule has 1 amide bonds. The molecular weight excluding hydrogens is 332 g/mol. The Morgan fingerprint density at radius 2 is 2.24 bits per heavy atom. The third-order valence-electron chi connectivity index (χ3n) is 3.90. The molecule has 3 aromatic rings. The second-order valence-corrected chi connectivity index (χ2v) is 6.18. The van der Waals surface area contributed by atoms with Crippen molar-refractivity contribution in [2.24, 2.45) is 0 Å². The van der Waals surface area contributed by atoms with Crippen molar-refractivity contribution in [2.45, 2.75) is 13.0 Å². The summed E-state index contributed by atoms with van der Waals surface area (Å²) in [4.78, 5) is 17.7. The molecule has 2 aromatic heterocycles. The molecule has 2 N–H and O–H groups in total. The molecule has 1 aromatic carbocycles. The Bertz CT molecular complexity index is 835. The SMILES string of the molecule is O=C(c1cc2cc(Br)ccc2[nH]1)N1CCc2[nH]ncc2C1. The van der Waals surface area contributed by atoms with E-state index in [1.807, 2.05) is 29.2 Å². The lowest BCUT2D eigenvalue weighted by molar-refractivity contribution is 0.0729. The van der Waals surface area contributed by atoms with E-state index in [4.69, 9.17) is 0 Å². The van der Waals surface area contributed by atoms with Crippen LogP contribution in [0.4, 0.5) is 0 Å². The van der Waals surface area contributed by atoms with Crippen molar-refractivity contribution in [3.05, 3.63) is 51.9 Å². The molecule has 0 saturated heterocycles. The van der Waals surface area contributed by atoms with Gasteiger partial charge in [-0.25, -0.2) is 0 Å². The Kier molecular flexibility index (Phi) is 2.85. The van der Waals surface area contributed by atoms with Crippen LogP contribution in [0.25, 0.3) is 10.9 Å². The minimum atomic E-state index is 0.0363. The van der Waals surface area contributed by atoms with E-state index >= 15 is 0 Å². The Labute approximate surface area is 129 Å². The van der Waals surface area contributed by atoms with Gasteiger partial charge in [-0.1, -0.05) is 15.9 Å². The van der Waals surface area contributed by atoms with E-state index in [9.17, 15) is 4.79 Å². The maximum Gasteiger partial charge on any atom is 0.270 e. The first-order valence-corrected chi connectivity index (χ1v) is 7.59. The van der Waals surface area contributed by atoms with Crippen molar-refractivity contribution < 1.29 is 4.79 Å². The van der Waals surface area contributed by atoms with Gasteiger partial charge < -0.3 is 9.88 Å². The number of halogens is 1. The predicted molar refractivity (Wildman–Crippen MR) is 83.0 cm³/mol. The topological polar surface area (TPSA) is 64.8 Å². The molecule has 21 heavy (non-hydrogen) atoms. The summed E-state index contributed by atoms with van der Waals surface area (Å²) in [6, 6.07) is 7.85. The highest BCUT2D eigenvalue weighted by Crippen LogP contribution is 2.23. The molecule has 0 unspecified atom stereocenters. The Morgan fingerprint density at radius 3 is 3.14 bits per heavy atom. The van der Waals surface area contributed by atoms with E-state index < -0.39 is 0 Å². The number of rotatable bonds is 1. The molecule has 0 fully saturated rings. The van der Waals surface area contributed by atoms with Gasteiger partial charge in [0.15, 0.2) is 0 Å². The van der Waals surface area contributed by atoms with Crippen LogP contribution in [-0.4, -0.2) is 32.5 Å². The van der Waals surface area contributed by atoms with Crippen molar-refractivity contribution in [2.75, 3.05) is 6.54 Å². The summed E-state index contributed by atoms with van der Waals surface area (Å²) >= 11 is 3.45. The molecule has 0 bridgehead atoms. The first kappa shape index (κ1) is 12.6. The molecular formula is C15H13BrN4O. The van der Waals surface area contributed by atoms with E-state index in [-0.39, 0.29) is 5.91 Å². The van der Waals surface area contributed by atoms with Gasteiger partial charge in [-0.3, -0.25) is 9.89 Å². The van der Waals surface area contributed by atoms with Crippen molar-refractivity contribution in [3.63, 3.8) is 0 Å². The van der Waals surface area contributed by atoms with Crippen molar-refractivity contribution in [1.82, 2.24) is 20.1 Å². The second-order valence-electron chi connectivity index (χ2n) is 5.27. The number of fused-ring (bicyclic) bond motifs is 2. The summed E-state index contributed by atoms with van der Waals surface area (Å²) < 4.78 is 1.01. The van der Waals surface area contributed by atoms with Crippen LogP contribution in [0.3, 0.4) is 0 Å². The highest BCUT2D eigenvalue weighted by molar-refractivity contribution is 9.10. The molecule has 1 aliphatic heterocycles. The number of carbonyl (C=O) groups excluding carboxylic acids is 1. The highest BCUT2D eigenvalue weighted by atomic mass is 79.9. The third-order valence-corrected chi connectivity index (χ3v) is 4.39. The van der Waals surface area contributed by atoms with E-state index in [1.165, 1.54) is 0 Å². The highest BCUT2D eigenvalue weighted by Gasteiger charge is 2.23. The number of amides is 1. The van der Waals surface area contributed by atoms with Crippen molar-refractivity contribution in [3.8, 4) is 0 Å². The number of aromatic amines is 2. The van der Waals surface area contributed by atoms with Gasteiger partial charge >= 0.3 is 0 Å². The summed E-state index contributed by atoms with van der Waals surface area (Å²) in [7, 11) is 0. The number of aromatic nitrogens is 3. The Morgan fingerprint density at radius 1 is 1.33 bits per heavy atom. The largest absolute Gasteiger partial charge is 0.351 e. The van der Waals surface area contributed by atoms with Gasteiger partial charge in [-0.2, -0.15) is 5.10 Å². The van der Waals surface area contributed by atoms with E-state index in [0.29, 0.717) is 18.8 Å². The fraction of sp³-hybridized carbons (Fsp3) is 0.200. The quantitative estimate of drug-likeness (QED) is 0.712. The monoisotopic (exact) mass is 344 g/mol. The van der Waals surface area contributed by atoms with Crippen molar-refractivity contribution in [1.29, 1.82) is 0 Å². The summed E-state index contributed by atoms with van der Waals surface area (Å²) in [5.41, 5.74) is 3.85. The molecule has 0 atom stereocenters. The molecule has 0 spiro atoms. The van der Waals surface area contributed by atoms with Crippen LogP contribution in [0, 0.1) is 0 Å². The van der Waals surface area contributed by atoms with Crippen molar-refractivity contribution >= 4 is 32.7 Å². The van der Waals surface area contributed by atoms with Gasteiger partial charge in [0.1, 0.15) is 5.69 Å². The van der Waals surface area contributed by atoms with Crippen LogP contribution in [0.5, 0.6) is 0 Å². The first-order chi connectivity index (χ1) is 10.2. The van der Waals surface area contributed by atoms with Gasteiger partial charge in [0.05, 0.1) is 6.20 Å². The van der Waals surface area contributed by atoms with Crippen LogP contribution < -0.4 is 0 Å². The molecule has 4 rings (SSSR count). The van der Waals surface area contributed by atoms with E-state index in [1.54, 1.807) is 6.20 Å². The minimum Gasteiger partial charge on any atom is -0.351 e. The maximum absolute atomic E-state index is 12.6. The van der Waals surface area contributed by atoms with Crippen LogP contribution in [0.1, 0.15) is 21.7 Å². The number of H-pyrrole nitrogens is 2. The molecule has 0 radical (unpaired) electrons. The zero-order valence-corrected chi connectivity index (χ0v) is 12.8. The van der Waals surface area contributed by atoms with Gasteiger partial charge in [0.25, 0.3) is 5.91 Å². The summed E-state index contributed by atoms with van der Waals surface area (Å²) in [6.45, 7) is 1.33. The third kappa shape index (κ3) is 2.15. The van der Waals surface area contributed by atoms with Crippen LogP contribution >= 0.6 is 15.9 Å². The predicted octanol–water partition coefficient (Wildman–Crippen LogP) is 2.85. The standard InChI is InChI=1S/C15H13BrN4O/c16-11-1-2-12-9(5-11)6-14(18-12)15(21)20-4-3-13-10(8-20)7-17-19-13/h1-2,5-7,18H,3-4,8H2,(H,17,19). The average Bonchev–Trinajstić information content (AvgIpc) is 3.11. The van der Waals surface area contributed by atoms with Gasteiger partial charge in [-0.15, -0.1) is 0 Å². The summed E-state index contributed by atoms with van der Waals surface area (Å²) in [6.07, 6.45) is 2.63. The Hall–Kier alpha value is -2.08. The molecule has 0 saturated carbocycles. The van der Waals surface area contributed by atoms with Crippen LogP contribution in [0.15, 0.2) is 34.9 Å². The molecule has 0 aliphatic carbocycles. The lowest BCUT2D eigenvalue weighted by atomic mass is 10.1. The molecule has 3 heterocycles. The lowest BCUT2D eigenvalue weighted by Crippen LogP contribution is -2.35. The minimum absolute atomic E-state index is 0.0363. The Balaban J connectivity index is 1.64. The van der Waals surface area contributed by atoms with Gasteiger partial charge in [0, 0.05) is 46.1 Å². The summed E-state index contributed by atoms with van der Waals surface area (Å²) in [5, 5.41) is 8.06. The second kappa shape index (κ2) is 4.73. The first-order valence-electron chi connectivity index (χ1n) is 6.79. The fourth-order valence-corrected chi connectivity index (χ4v) is 3.16. The molecule has 6 heteroatoms. The smallest absolute Gasteiger partial charge is 0.270 e. The number of hydrogen-bond donors (Lipinski definition) is 2. The number of carbonyl (C=O) groups is 1. The average molecular weight is 345 g/mol. The van der Waals surface area contributed by atoms with Gasteiger partial charge in [0.2, 0.25) is 0 Å². The maximum atomic E-state index is 12.6. The zero-order valence-electron chi connectivity index (χ0n) is 11.2. The molecule has 106 valence electrons. The number of nitrogens with zero attached hydrogens (tertiary/aromatic N) is 2. The lowest BCUT2D eigenvalue weighted by Gasteiger charge is -2.26. The molecule has 5 nitrogen and oxygen atoms in total. The number of hydrogen-bond acceptors (Lipinski definition) is 2. The summed E-state index contributed by atoms with van der Waals surface area (Å²) in [5.74, 6) is 0.0363. The number of nitrogens with one attached hydrogen (secondary N) is 2. The van der Waals surface area contributed by atoms with E-state index in [2.05, 4.69) is 31.1 Å². The van der Waals surface area contributed by atoms with Crippen LogP contribution in [0.2, 0.25) is 0 Å². The normalized spacial score (nSPS) is 14.4. The fourth-order valence-electron chi connectivity index (χ4n) is 2.78. The molecule has 1 aliphatic rings. The van der Waals surface area contributed by atoms with E-state index in [0.717, 1.165) is 33.1 Å². The zero-order chi connectivity index (χ0) is 14.4.